The average Bonchev–Trinajstić information content (AvgIpc) is 3.09. The molecule has 1 saturated heterocycles. The number of rotatable bonds is 5. The molecule has 4 rings (SSSR count). The Morgan fingerprint density at radius 2 is 2.27 bits per heavy atom. The first-order valence-corrected chi connectivity index (χ1v) is 9.01. The van der Waals surface area contributed by atoms with Crippen LogP contribution < -0.4 is 10.3 Å². The third-order valence-electron chi connectivity index (χ3n) is 4.62. The minimum atomic E-state index is -0.165. The van der Waals surface area contributed by atoms with E-state index in [2.05, 4.69) is 10.1 Å². The topological polar surface area (TPSA) is 82.0 Å². The monoisotopic (exact) mass is 354 g/mol. The summed E-state index contributed by atoms with van der Waals surface area (Å²) in [5.41, 5.74) is 1.44. The molecule has 3 heterocycles. The number of aromatic nitrogens is 4. The molecule has 7 heteroatoms. The van der Waals surface area contributed by atoms with Gasteiger partial charge in [0.2, 0.25) is 0 Å². The number of ether oxygens (including phenoxy) is 2. The van der Waals surface area contributed by atoms with Gasteiger partial charge in [0.15, 0.2) is 5.65 Å². The first-order chi connectivity index (χ1) is 12.8. The lowest BCUT2D eigenvalue weighted by Crippen LogP contribution is -2.23. The van der Waals surface area contributed by atoms with Crippen LogP contribution in [0, 0.1) is 0 Å². The van der Waals surface area contributed by atoms with Crippen molar-refractivity contribution in [3.8, 4) is 5.75 Å². The number of benzene rings is 1. The van der Waals surface area contributed by atoms with Crippen LogP contribution in [0.1, 0.15) is 37.2 Å². The number of hydrogen-bond acceptors (Lipinski definition) is 5. The van der Waals surface area contributed by atoms with E-state index in [9.17, 15) is 4.79 Å². The van der Waals surface area contributed by atoms with Gasteiger partial charge in [-0.2, -0.15) is 5.10 Å². The molecule has 1 atom stereocenters. The highest BCUT2D eigenvalue weighted by Gasteiger charge is 2.21. The lowest BCUT2D eigenvalue weighted by atomic mass is 10.1. The van der Waals surface area contributed by atoms with Crippen LogP contribution in [0.15, 0.2) is 35.3 Å². The highest BCUT2D eigenvalue weighted by Crippen LogP contribution is 2.23. The van der Waals surface area contributed by atoms with Crippen molar-refractivity contribution < 1.29 is 9.47 Å². The SMILES string of the molecule is CCOc1ccccc1Cc1nc2c(cnn2C2CCCOC2)c(=O)[nH]1. The maximum atomic E-state index is 12.5. The zero-order valence-electron chi connectivity index (χ0n) is 14.8. The first-order valence-electron chi connectivity index (χ1n) is 9.01. The summed E-state index contributed by atoms with van der Waals surface area (Å²) in [4.78, 5) is 20.1. The second-order valence-electron chi connectivity index (χ2n) is 6.43. The van der Waals surface area contributed by atoms with Crippen LogP contribution in [0.4, 0.5) is 0 Å². The van der Waals surface area contributed by atoms with Crippen molar-refractivity contribution in [3.63, 3.8) is 0 Å². The van der Waals surface area contributed by atoms with Crippen LogP contribution >= 0.6 is 0 Å². The van der Waals surface area contributed by atoms with Crippen molar-refractivity contribution in [2.75, 3.05) is 19.8 Å². The lowest BCUT2D eigenvalue weighted by molar-refractivity contribution is 0.0563. The molecule has 2 aromatic heterocycles. The molecule has 0 spiro atoms. The van der Waals surface area contributed by atoms with Gasteiger partial charge in [-0.15, -0.1) is 0 Å². The second kappa shape index (κ2) is 7.29. The van der Waals surface area contributed by atoms with E-state index in [0.29, 0.717) is 36.5 Å². The van der Waals surface area contributed by atoms with Crippen LogP contribution in [-0.2, 0) is 11.2 Å². The zero-order chi connectivity index (χ0) is 17.9. The van der Waals surface area contributed by atoms with Crippen molar-refractivity contribution in [1.82, 2.24) is 19.7 Å². The predicted molar refractivity (Wildman–Crippen MR) is 97.7 cm³/mol. The predicted octanol–water partition coefficient (Wildman–Crippen LogP) is 2.46. The number of hydrogen-bond donors (Lipinski definition) is 1. The summed E-state index contributed by atoms with van der Waals surface area (Å²) in [6, 6.07) is 7.93. The van der Waals surface area contributed by atoms with Gasteiger partial charge in [0, 0.05) is 18.6 Å². The third kappa shape index (κ3) is 3.22. The molecular weight excluding hydrogens is 332 g/mol. The molecule has 0 amide bonds. The Kier molecular flexibility index (Phi) is 4.71. The van der Waals surface area contributed by atoms with Crippen LogP contribution in [0.2, 0.25) is 0 Å². The van der Waals surface area contributed by atoms with E-state index < -0.39 is 0 Å². The second-order valence-corrected chi connectivity index (χ2v) is 6.43. The summed E-state index contributed by atoms with van der Waals surface area (Å²) in [7, 11) is 0. The molecule has 0 radical (unpaired) electrons. The molecule has 1 N–H and O–H groups in total. The quantitative estimate of drug-likeness (QED) is 0.761. The Balaban J connectivity index is 1.71. The van der Waals surface area contributed by atoms with Crippen LogP contribution in [0.3, 0.4) is 0 Å². The Morgan fingerprint density at radius 1 is 1.38 bits per heavy atom. The molecule has 0 aliphatic carbocycles. The van der Waals surface area contributed by atoms with E-state index in [1.165, 1.54) is 0 Å². The Bertz CT molecular complexity index is 957. The molecule has 136 valence electrons. The summed E-state index contributed by atoms with van der Waals surface area (Å²) >= 11 is 0. The van der Waals surface area contributed by atoms with Gasteiger partial charge in [0.05, 0.1) is 25.5 Å². The number of aromatic amines is 1. The van der Waals surface area contributed by atoms with Crippen LogP contribution in [0.25, 0.3) is 11.0 Å². The Morgan fingerprint density at radius 3 is 3.08 bits per heavy atom. The highest BCUT2D eigenvalue weighted by atomic mass is 16.5. The van der Waals surface area contributed by atoms with E-state index in [1.54, 1.807) is 6.20 Å². The smallest absolute Gasteiger partial charge is 0.262 e. The van der Waals surface area contributed by atoms with Crippen molar-refractivity contribution in [1.29, 1.82) is 0 Å². The maximum absolute atomic E-state index is 12.5. The molecule has 1 aliphatic rings. The molecule has 0 bridgehead atoms. The highest BCUT2D eigenvalue weighted by molar-refractivity contribution is 5.73. The van der Waals surface area contributed by atoms with Crippen LogP contribution in [0.5, 0.6) is 5.75 Å². The van der Waals surface area contributed by atoms with Crippen molar-refractivity contribution in [2.24, 2.45) is 0 Å². The van der Waals surface area contributed by atoms with Crippen LogP contribution in [-0.4, -0.2) is 39.6 Å². The minimum absolute atomic E-state index is 0.124. The number of nitrogens with one attached hydrogen (secondary N) is 1. The molecule has 1 unspecified atom stereocenters. The van der Waals surface area contributed by atoms with Crippen molar-refractivity contribution in [2.45, 2.75) is 32.2 Å². The molecule has 0 saturated carbocycles. The summed E-state index contributed by atoms with van der Waals surface area (Å²) in [5, 5.41) is 4.92. The van der Waals surface area contributed by atoms with Gasteiger partial charge in [0.1, 0.15) is 17.0 Å². The lowest BCUT2D eigenvalue weighted by Gasteiger charge is -2.22. The van der Waals surface area contributed by atoms with E-state index in [1.807, 2.05) is 35.9 Å². The summed E-state index contributed by atoms with van der Waals surface area (Å²) in [6.07, 6.45) is 4.05. The number of fused-ring (bicyclic) bond motifs is 1. The first kappa shape index (κ1) is 16.8. The van der Waals surface area contributed by atoms with Gasteiger partial charge in [0.25, 0.3) is 5.56 Å². The molecular formula is C19H22N4O3. The third-order valence-corrected chi connectivity index (χ3v) is 4.62. The summed E-state index contributed by atoms with van der Waals surface area (Å²) < 4.78 is 13.1. The van der Waals surface area contributed by atoms with Gasteiger partial charge in [-0.05, 0) is 25.8 Å². The normalized spacial score (nSPS) is 17.5. The number of nitrogens with zero attached hydrogens (tertiary/aromatic N) is 3. The number of H-pyrrole nitrogens is 1. The van der Waals surface area contributed by atoms with E-state index >= 15 is 0 Å². The zero-order valence-corrected chi connectivity index (χ0v) is 14.8. The summed E-state index contributed by atoms with van der Waals surface area (Å²) in [5.74, 6) is 1.42. The average molecular weight is 354 g/mol. The Hall–Kier alpha value is -2.67. The molecule has 1 fully saturated rings. The molecule has 3 aromatic rings. The van der Waals surface area contributed by atoms with E-state index in [-0.39, 0.29) is 11.6 Å². The number of para-hydroxylation sites is 1. The molecule has 7 nitrogen and oxygen atoms in total. The molecule has 26 heavy (non-hydrogen) atoms. The van der Waals surface area contributed by atoms with Gasteiger partial charge in [-0.3, -0.25) is 4.79 Å². The van der Waals surface area contributed by atoms with Crippen molar-refractivity contribution >= 4 is 11.0 Å². The Labute approximate surface area is 151 Å². The van der Waals surface area contributed by atoms with E-state index in [4.69, 9.17) is 14.5 Å². The fraction of sp³-hybridized carbons (Fsp3) is 0.421. The van der Waals surface area contributed by atoms with Gasteiger partial charge >= 0.3 is 0 Å². The standard InChI is InChI=1S/C19H22N4O3/c1-2-26-16-8-4-3-6-13(16)10-17-21-18-15(19(24)22-17)11-20-23(18)14-7-5-9-25-12-14/h3-4,6,8,11,14H,2,5,7,9-10,12H2,1H3,(H,21,22,24). The van der Waals surface area contributed by atoms with E-state index in [0.717, 1.165) is 30.8 Å². The summed E-state index contributed by atoms with van der Waals surface area (Å²) in [6.45, 7) is 3.93. The maximum Gasteiger partial charge on any atom is 0.262 e. The van der Waals surface area contributed by atoms with Gasteiger partial charge in [-0.1, -0.05) is 18.2 Å². The van der Waals surface area contributed by atoms with Crippen molar-refractivity contribution in [3.05, 3.63) is 52.2 Å². The molecule has 1 aromatic carbocycles. The minimum Gasteiger partial charge on any atom is -0.494 e. The fourth-order valence-corrected chi connectivity index (χ4v) is 3.38. The van der Waals surface area contributed by atoms with Gasteiger partial charge < -0.3 is 14.5 Å². The van der Waals surface area contributed by atoms with Gasteiger partial charge in [-0.25, -0.2) is 9.67 Å². The molecule has 1 aliphatic heterocycles. The largest absolute Gasteiger partial charge is 0.494 e. The fourth-order valence-electron chi connectivity index (χ4n) is 3.38.